The zero-order chi connectivity index (χ0) is 16.8. The lowest BCUT2D eigenvalue weighted by Gasteiger charge is -2.07. The number of ether oxygens (including phenoxy) is 2. The van der Waals surface area contributed by atoms with E-state index in [2.05, 4.69) is 0 Å². The molecule has 0 aliphatic carbocycles. The van der Waals surface area contributed by atoms with Crippen molar-refractivity contribution in [2.24, 2.45) is 0 Å². The molecule has 23 heavy (non-hydrogen) atoms. The van der Waals surface area contributed by atoms with E-state index in [1.165, 1.54) is 18.2 Å². The van der Waals surface area contributed by atoms with Crippen molar-refractivity contribution < 1.29 is 19.1 Å². The second-order valence-corrected chi connectivity index (χ2v) is 5.12. The standard InChI is InChI=1S/C17H16ClNO4/c1-2-22-13-6-3-11(4-7-13)16(20)10-23-17(21)14-8-5-12(18)9-15(14)19/h3-9H,2,10,19H2,1H3. The monoisotopic (exact) mass is 333 g/mol. The summed E-state index contributed by atoms with van der Waals surface area (Å²) in [5.41, 5.74) is 6.52. The van der Waals surface area contributed by atoms with Crippen LogP contribution in [0.4, 0.5) is 5.69 Å². The first kappa shape index (κ1) is 16.8. The van der Waals surface area contributed by atoms with Crippen LogP contribution in [0.3, 0.4) is 0 Å². The molecule has 0 radical (unpaired) electrons. The van der Waals surface area contributed by atoms with Gasteiger partial charge in [-0.1, -0.05) is 11.6 Å². The van der Waals surface area contributed by atoms with Crippen molar-refractivity contribution in [2.75, 3.05) is 18.9 Å². The fraction of sp³-hybridized carbons (Fsp3) is 0.176. The predicted molar refractivity (Wildman–Crippen MR) is 88.1 cm³/mol. The van der Waals surface area contributed by atoms with Crippen LogP contribution in [-0.2, 0) is 4.74 Å². The topological polar surface area (TPSA) is 78.6 Å². The highest BCUT2D eigenvalue weighted by Gasteiger charge is 2.14. The summed E-state index contributed by atoms with van der Waals surface area (Å²) in [6.07, 6.45) is 0. The highest BCUT2D eigenvalue weighted by molar-refractivity contribution is 6.31. The minimum absolute atomic E-state index is 0.175. The highest BCUT2D eigenvalue weighted by Crippen LogP contribution is 2.19. The third kappa shape index (κ3) is 4.47. The van der Waals surface area contributed by atoms with E-state index in [0.29, 0.717) is 22.9 Å². The number of rotatable bonds is 6. The summed E-state index contributed by atoms with van der Waals surface area (Å²) in [4.78, 5) is 24.0. The molecule has 5 nitrogen and oxygen atoms in total. The smallest absolute Gasteiger partial charge is 0.340 e. The van der Waals surface area contributed by atoms with Gasteiger partial charge in [-0.15, -0.1) is 0 Å². The van der Waals surface area contributed by atoms with Crippen molar-refractivity contribution in [1.82, 2.24) is 0 Å². The Hall–Kier alpha value is -2.53. The lowest BCUT2D eigenvalue weighted by Crippen LogP contribution is -2.15. The first-order chi connectivity index (χ1) is 11.0. The van der Waals surface area contributed by atoms with Gasteiger partial charge in [-0.05, 0) is 49.4 Å². The Balaban J connectivity index is 1.96. The molecule has 0 saturated carbocycles. The predicted octanol–water partition coefficient (Wildman–Crippen LogP) is 3.36. The van der Waals surface area contributed by atoms with Gasteiger partial charge < -0.3 is 15.2 Å². The fourth-order valence-electron chi connectivity index (χ4n) is 1.92. The number of anilines is 1. The molecule has 0 spiro atoms. The molecule has 2 N–H and O–H groups in total. The zero-order valence-electron chi connectivity index (χ0n) is 12.5. The molecule has 0 heterocycles. The first-order valence-electron chi connectivity index (χ1n) is 6.99. The third-order valence-corrected chi connectivity index (χ3v) is 3.29. The Morgan fingerprint density at radius 2 is 1.83 bits per heavy atom. The lowest BCUT2D eigenvalue weighted by atomic mass is 10.1. The minimum atomic E-state index is -0.668. The lowest BCUT2D eigenvalue weighted by molar-refractivity contribution is 0.0476. The van der Waals surface area contributed by atoms with Gasteiger partial charge in [0.15, 0.2) is 12.4 Å². The van der Waals surface area contributed by atoms with E-state index in [0.717, 1.165) is 0 Å². The average molecular weight is 334 g/mol. The Bertz CT molecular complexity index is 713. The largest absolute Gasteiger partial charge is 0.494 e. The van der Waals surface area contributed by atoms with Gasteiger partial charge in [0, 0.05) is 16.3 Å². The van der Waals surface area contributed by atoms with E-state index in [9.17, 15) is 9.59 Å². The number of carbonyl (C=O) groups excluding carboxylic acids is 2. The molecule has 0 aromatic heterocycles. The van der Waals surface area contributed by atoms with Gasteiger partial charge in [0.1, 0.15) is 5.75 Å². The fourth-order valence-corrected chi connectivity index (χ4v) is 2.10. The van der Waals surface area contributed by atoms with Crippen molar-refractivity contribution in [2.45, 2.75) is 6.92 Å². The number of carbonyl (C=O) groups is 2. The van der Waals surface area contributed by atoms with Crippen molar-refractivity contribution in [3.63, 3.8) is 0 Å². The maximum Gasteiger partial charge on any atom is 0.340 e. The van der Waals surface area contributed by atoms with Gasteiger partial charge in [-0.25, -0.2) is 4.79 Å². The summed E-state index contributed by atoms with van der Waals surface area (Å²) < 4.78 is 10.3. The molecule has 2 rings (SSSR count). The molecular weight excluding hydrogens is 318 g/mol. The number of esters is 1. The SMILES string of the molecule is CCOc1ccc(C(=O)COC(=O)c2ccc(Cl)cc2N)cc1. The number of ketones is 1. The molecule has 0 unspecified atom stereocenters. The van der Waals surface area contributed by atoms with E-state index in [4.69, 9.17) is 26.8 Å². The third-order valence-electron chi connectivity index (χ3n) is 3.06. The van der Waals surface area contributed by atoms with Crippen LogP contribution in [0.1, 0.15) is 27.6 Å². The van der Waals surface area contributed by atoms with Crippen molar-refractivity contribution in [3.05, 3.63) is 58.6 Å². The van der Waals surface area contributed by atoms with Crippen molar-refractivity contribution in [1.29, 1.82) is 0 Å². The van der Waals surface area contributed by atoms with Crippen LogP contribution in [0, 0.1) is 0 Å². The minimum Gasteiger partial charge on any atom is -0.494 e. The van der Waals surface area contributed by atoms with Crippen LogP contribution in [0.2, 0.25) is 5.02 Å². The van der Waals surface area contributed by atoms with E-state index in [1.54, 1.807) is 24.3 Å². The molecular formula is C17H16ClNO4. The molecule has 0 atom stereocenters. The average Bonchev–Trinajstić information content (AvgIpc) is 2.53. The molecule has 2 aromatic rings. The van der Waals surface area contributed by atoms with Gasteiger partial charge in [0.05, 0.1) is 12.2 Å². The molecule has 2 aromatic carbocycles. The molecule has 0 aliphatic rings. The Kier molecular flexibility index (Phi) is 5.60. The quantitative estimate of drug-likeness (QED) is 0.498. The maximum absolute atomic E-state index is 12.0. The van der Waals surface area contributed by atoms with Gasteiger partial charge in [-0.2, -0.15) is 0 Å². The number of Topliss-reactive ketones (excluding diaryl/α,β-unsaturated/α-hetero) is 1. The molecule has 6 heteroatoms. The van der Waals surface area contributed by atoms with Crippen LogP contribution in [0.25, 0.3) is 0 Å². The highest BCUT2D eigenvalue weighted by atomic mass is 35.5. The van der Waals surface area contributed by atoms with Gasteiger partial charge >= 0.3 is 5.97 Å². The van der Waals surface area contributed by atoms with Gasteiger partial charge in [0.25, 0.3) is 0 Å². The van der Waals surface area contributed by atoms with Crippen LogP contribution in [0.5, 0.6) is 5.75 Å². The molecule has 0 fully saturated rings. The number of halogens is 1. The van der Waals surface area contributed by atoms with E-state index >= 15 is 0 Å². The molecule has 0 bridgehead atoms. The first-order valence-corrected chi connectivity index (χ1v) is 7.37. The number of nitrogen functional groups attached to an aromatic ring is 1. The summed E-state index contributed by atoms with van der Waals surface area (Å²) in [7, 11) is 0. The number of nitrogens with two attached hydrogens (primary N) is 1. The molecule has 0 saturated heterocycles. The van der Waals surface area contributed by atoms with E-state index in [-0.39, 0.29) is 23.6 Å². The number of hydrogen-bond acceptors (Lipinski definition) is 5. The maximum atomic E-state index is 12.0. The van der Waals surface area contributed by atoms with Crippen LogP contribution in [-0.4, -0.2) is 25.0 Å². The van der Waals surface area contributed by atoms with Gasteiger partial charge in [-0.3, -0.25) is 4.79 Å². The number of hydrogen-bond donors (Lipinski definition) is 1. The zero-order valence-corrected chi connectivity index (χ0v) is 13.3. The summed E-state index contributed by atoms with van der Waals surface area (Å²) in [6.45, 7) is 2.06. The Morgan fingerprint density at radius 3 is 2.43 bits per heavy atom. The van der Waals surface area contributed by atoms with Crippen molar-refractivity contribution in [3.8, 4) is 5.75 Å². The van der Waals surface area contributed by atoms with E-state index in [1.807, 2.05) is 6.92 Å². The summed E-state index contributed by atoms with van der Waals surface area (Å²) >= 11 is 5.77. The van der Waals surface area contributed by atoms with Crippen LogP contribution in [0.15, 0.2) is 42.5 Å². The van der Waals surface area contributed by atoms with Crippen LogP contribution >= 0.6 is 11.6 Å². The molecule has 120 valence electrons. The molecule has 0 amide bonds. The Labute approximate surface area is 139 Å². The van der Waals surface area contributed by atoms with Gasteiger partial charge in [0.2, 0.25) is 0 Å². The number of benzene rings is 2. The Morgan fingerprint density at radius 1 is 1.13 bits per heavy atom. The normalized spacial score (nSPS) is 10.2. The van der Waals surface area contributed by atoms with Crippen LogP contribution < -0.4 is 10.5 Å². The second-order valence-electron chi connectivity index (χ2n) is 4.69. The summed E-state index contributed by atoms with van der Waals surface area (Å²) in [6, 6.07) is 11.1. The van der Waals surface area contributed by atoms with E-state index < -0.39 is 5.97 Å². The second kappa shape index (κ2) is 7.65. The molecule has 0 aliphatic heterocycles. The summed E-state index contributed by atoms with van der Waals surface area (Å²) in [5, 5.41) is 0.421. The van der Waals surface area contributed by atoms with Crippen molar-refractivity contribution >= 4 is 29.0 Å². The summed E-state index contributed by atoms with van der Waals surface area (Å²) in [5.74, 6) is -0.303.